The Balaban J connectivity index is 3.31. The van der Waals surface area contributed by atoms with Crippen LogP contribution < -0.4 is 5.32 Å². The number of hydrogen-bond acceptors (Lipinski definition) is 5. The van der Waals surface area contributed by atoms with Crippen LogP contribution in [0.25, 0.3) is 0 Å². The van der Waals surface area contributed by atoms with Crippen LogP contribution in [0.5, 0.6) is 0 Å². The van der Waals surface area contributed by atoms with Gasteiger partial charge in [-0.2, -0.15) is 0 Å². The maximum absolute atomic E-state index is 12.6. The zero-order chi connectivity index (χ0) is 69.8. The standard InChI is InChI=1S/C91H179NO5/c1-3-5-7-9-11-13-15-17-19-21-22-23-24-40-43-46-49-52-55-59-63-67-71-75-79-83-89(94)88(87-93)92-90(95)84-80-76-72-68-64-60-56-53-50-47-44-41-38-36-34-32-30-28-26-25-27-29-31-33-35-37-39-42-45-48-51-54-58-62-66-70-74-78-82-86-97-91(96)85-81-77-73-69-65-61-57-20-18-16-14-12-10-8-6-4-2/h79,83,88-89,93-94H,3-78,80-82,84-87H2,1-2H3,(H,92,95)/b83-79+. The van der Waals surface area contributed by atoms with E-state index in [-0.39, 0.29) is 18.5 Å². The molecule has 0 radical (unpaired) electrons. The quantitative estimate of drug-likeness (QED) is 0.0320. The van der Waals surface area contributed by atoms with Gasteiger partial charge in [-0.3, -0.25) is 9.59 Å². The number of unbranched alkanes of at least 4 members (excludes halogenated alkanes) is 76. The molecule has 6 nitrogen and oxygen atoms in total. The average Bonchev–Trinajstić information content (AvgIpc) is 2.69. The van der Waals surface area contributed by atoms with Crippen LogP contribution in [-0.2, 0) is 14.3 Å². The summed E-state index contributed by atoms with van der Waals surface area (Å²) in [5.41, 5.74) is 0. The topological polar surface area (TPSA) is 95.9 Å². The van der Waals surface area contributed by atoms with Gasteiger partial charge in [0.05, 0.1) is 25.4 Å². The van der Waals surface area contributed by atoms with Crippen molar-refractivity contribution >= 4 is 11.9 Å². The number of aliphatic hydroxyl groups is 2. The number of hydrogen-bond donors (Lipinski definition) is 3. The van der Waals surface area contributed by atoms with Gasteiger partial charge in [0.15, 0.2) is 0 Å². The Bertz CT molecular complexity index is 1480. The molecular weight excluding hydrogens is 1190 g/mol. The van der Waals surface area contributed by atoms with Crippen LogP contribution in [0.4, 0.5) is 0 Å². The monoisotopic (exact) mass is 1370 g/mol. The maximum Gasteiger partial charge on any atom is 0.305 e. The van der Waals surface area contributed by atoms with E-state index in [0.717, 1.165) is 38.5 Å². The lowest BCUT2D eigenvalue weighted by atomic mass is 10.0. The molecule has 0 saturated heterocycles. The van der Waals surface area contributed by atoms with E-state index in [9.17, 15) is 19.8 Å². The average molecular weight is 1370 g/mol. The predicted molar refractivity (Wildman–Crippen MR) is 430 cm³/mol. The van der Waals surface area contributed by atoms with E-state index >= 15 is 0 Å². The zero-order valence-electron chi connectivity index (χ0n) is 66.6. The molecule has 0 fully saturated rings. The molecule has 578 valence electrons. The molecule has 2 atom stereocenters. The van der Waals surface area contributed by atoms with Crippen LogP contribution in [0.15, 0.2) is 12.2 Å². The second-order valence-corrected chi connectivity index (χ2v) is 31.7. The summed E-state index contributed by atoms with van der Waals surface area (Å²) in [5, 5.41) is 23.4. The van der Waals surface area contributed by atoms with Crippen molar-refractivity contribution < 1.29 is 24.5 Å². The third-order valence-electron chi connectivity index (χ3n) is 21.8. The van der Waals surface area contributed by atoms with Gasteiger partial charge in [-0.05, 0) is 32.1 Å². The Kier molecular flexibility index (Phi) is 85.7. The molecule has 1 amide bonds. The summed E-state index contributed by atoms with van der Waals surface area (Å²) in [6, 6.07) is -0.624. The lowest BCUT2D eigenvalue weighted by molar-refractivity contribution is -0.143. The van der Waals surface area contributed by atoms with Crippen LogP contribution in [0.2, 0.25) is 0 Å². The third-order valence-corrected chi connectivity index (χ3v) is 21.8. The van der Waals surface area contributed by atoms with E-state index in [4.69, 9.17) is 4.74 Å². The first kappa shape index (κ1) is 95.6. The number of nitrogens with one attached hydrogen (secondary N) is 1. The molecule has 0 aliphatic heterocycles. The number of amides is 1. The Hall–Kier alpha value is -1.40. The molecule has 0 saturated carbocycles. The summed E-state index contributed by atoms with van der Waals surface area (Å²) in [4.78, 5) is 24.7. The highest BCUT2D eigenvalue weighted by Gasteiger charge is 2.18. The lowest BCUT2D eigenvalue weighted by Gasteiger charge is -2.20. The number of aliphatic hydroxyl groups excluding tert-OH is 2. The Labute approximate surface area is 609 Å². The number of esters is 1. The van der Waals surface area contributed by atoms with Gasteiger partial charge in [0.1, 0.15) is 0 Å². The number of allylic oxidation sites excluding steroid dienone is 1. The first-order valence-electron chi connectivity index (χ1n) is 45.5. The fourth-order valence-electron chi connectivity index (χ4n) is 14.9. The molecule has 3 N–H and O–H groups in total. The van der Waals surface area contributed by atoms with Gasteiger partial charge in [-0.1, -0.05) is 501 Å². The third kappa shape index (κ3) is 83.4. The van der Waals surface area contributed by atoms with Crippen molar-refractivity contribution in [3.8, 4) is 0 Å². The molecular formula is C91H179NO5. The van der Waals surface area contributed by atoms with Gasteiger partial charge in [-0.25, -0.2) is 0 Å². The van der Waals surface area contributed by atoms with Gasteiger partial charge in [0.2, 0.25) is 5.91 Å². The van der Waals surface area contributed by atoms with E-state index in [2.05, 4.69) is 19.2 Å². The summed E-state index contributed by atoms with van der Waals surface area (Å²) in [7, 11) is 0. The zero-order valence-corrected chi connectivity index (χ0v) is 66.6. The van der Waals surface area contributed by atoms with E-state index in [1.807, 2.05) is 6.08 Å². The van der Waals surface area contributed by atoms with Crippen LogP contribution >= 0.6 is 0 Å². The van der Waals surface area contributed by atoms with Crippen LogP contribution in [0, 0.1) is 0 Å². The van der Waals surface area contributed by atoms with Gasteiger partial charge in [0.25, 0.3) is 0 Å². The van der Waals surface area contributed by atoms with E-state index in [1.165, 1.54) is 469 Å². The Morgan fingerprint density at radius 2 is 0.474 bits per heavy atom. The van der Waals surface area contributed by atoms with E-state index in [1.54, 1.807) is 6.08 Å². The van der Waals surface area contributed by atoms with Gasteiger partial charge >= 0.3 is 5.97 Å². The predicted octanol–water partition coefficient (Wildman–Crippen LogP) is 30.6. The molecule has 0 bridgehead atoms. The van der Waals surface area contributed by atoms with Crippen molar-refractivity contribution in [1.82, 2.24) is 5.32 Å². The van der Waals surface area contributed by atoms with Crippen LogP contribution in [-0.4, -0.2) is 47.4 Å². The summed E-state index contributed by atoms with van der Waals surface area (Å²) in [6.45, 7) is 4.98. The lowest BCUT2D eigenvalue weighted by Crippen LogP contribution is -2.45. The van der Waals surface area contributed by atoms with E-state index in [0.29, 0.717) is 19.4 Å². The normalized spacial score (nSPS) is 12.4. The summed E-state index contributed by atoms with van der Waals surface area (Å²) in [5.74, 6) is -0.0264. The number of rotatable bonds is 87. The molecule has 0 aliphatic rings. The molecule has 6 heteroatoms. The van der Waals surface area contributed by atoms with Crippen molar-refractivity contribution in [2.45, 2.75) is 546 Å². The fourth-order valence-corrected chi connectivity index (χ4v) is 14.9. The molecule has 2 unspecified atom stereocenters. The molecule has 0 heterocycles. The smallest absolute Gasteiger partial charge is 0.305 e. The van der Waals surface area contributed by atoms with Crippen molar-refractivity contribution in [3.05, 3.63) is 12.2 Å². The first-order chi connectivity index (χ1) is 48.0. The van der Waals surface area contributed by atoms with Crippen LogP contribution in [0.1, 0.15) is 534 Å². The van der Waals surface area contributed by atoms with E-state index < -0.39 is 12.1 Å². The Morgan fingerprint density at radius 1 is 0.278 bits per heavy atom. The molecule has 0 rings (SSSR count). The maximum atomic E-state index is 12.6. The van der Waals surface area contributed by atoms with Gasteiger partial charge in [0, 0.05) is 12.8 Å². The Morgan fingerprint density at radius 3 is 0.701 bits per heavy atom. The SMILES string of the molecule is CCCCCCCCCCCCCCCCCCCCCCCCC/C=C/C(O)C(CO)NC(=O)CCCCCCCCCCCCCCCCCCCCCCCCCCCCCCCCCCCCCCCCCOC(=O)CCCCCCCCCCCCCCCCCC. The fraction of sp³-hybridized carbons (Fsp3) is 0.956. The van der Waals surface area contributed by atoms with Crippen molar-refractivity contribution in [2.24, 2.45) is 0 Å². The second kappa shape index (κ2) is 87.0. The molecule has 97 heavy (non-hydrogen) atoms. The minimum Gasteiger partial charge on any atom is -0.466 e. The number of ether oxygens (including phenoxy) is 1. The highest BCUT2D eigenvalue weighted by atomic mass is 16.5. The summed E-state index contributed by atoms with van der Waals surface area (Å²) in [6.07, 6.45) is 113. The van der Waals surface area contributed by atoms with Crippen molar-refractivity contribution in [3.63, 3.8) is 0 Å². The van der Waals surface area contributed by atoms with Crippen molar-refractivity contribution in [2.75, 3.05) is 13.2 Å². The molecule has 0 aromatic carbocycles. The molecule has 0 aromatic rings. The highest BCUT2D eigenvalue weighted by molar-refractivity contribution is 5.76. The molecule has 0 aromatic heterocycles. The number of carbonyl (C=O) groups excluding carboxylic acids is 2. The van der Waals surface area contributed by atoms with Gasteiger partial charge in [-0.15, -0.1) is 0 Å². The largest absolute Gasteiger partial charge is 0.466 e. The van der Waals surface area contributed by atoms with Crippen LogP contribution in [0.3, 0.4) is 0 Å². The van der Waals surface area contributed by atoms with Gasteiger partial charge < -0.3 is 20.3 Å². The minimum atomic E-state index is -0.841. The highest BCUT2D eigenvalue weighted by Crippen LogP contribution is 2.22. The summed E-state index contributed by atoms with van der Waals surface area (Å²) < 4.78 is 5.52. The molecule has 0 aliphatic carbocycles. The summed E-state index contributed by atoms with van der Waals surface area (Å²) >= 11 is 0. The minimum absolute atomic E-state index is 0.0289. The van der Waals surface area contributed by atoms with Crippen molar-refractivity contribution in [1.29, 1.82) is 0 Å². The molecule has 0 spiro atoms. The second-order valence-electron chi connectivity index (χ2n) is 31.7. The number of carbonyl (C=O) groups is 2. The first-order valence-corrected chi connectivity index (χ1v) is 45.5.